The van der Waals surface area contributed by atoms with Crippen LogP contribution in [0.5, 0.6) is 17.2 Å². The maximum absolute atomic E-state index is 14.0. The molecule has 10 nitrogen and oxygen atoms in total. The average Bonchev–Trinajstić information content (AvgIpc) is 3.62. The number of allylic oxidation sites excluding steroid dienone is 1. The number of hydrogen-bond donors (Lipinski definition) is 2. The topological polar surface area (TPSA) is 121 Å². The molecule has 2 fully saturated rings. The molecular formula is C48H53Cl3N4O6S. The fourth-order valence-corrected chi connectivity index (χ4v) is 10.6. The minimum Gasteiger partial charge on any atom is -0.492 e. The van der Waals surface area contributed by atoms with Crippen molar-refractivity contribution >= 4 is 67.2 Å². The number of rotatable bonds is 12. The van der Waals surface area contributed by atoms with Crippen LogP contribution >= 0.6 is 34.8 Å². The molecule has 14 heteroatoms. The van der Waals surface area contributed by atoms with E-state index in [1.54, 1.807) is 18.2 Å². The molecule has 0 atom stereocenters. The Hall–Kier alpha value is -4.10. The smallest absolute Gasteiger partial charge is 0.268 e. The summed E-state index contributed by atoms with van der Waals surface area (Å²) in [5, 5.41) is 11.4. The number of anilines is 1. The summed E-state index contributed by atoms with van der Waals surface area (Å²) in [5.74, 6) is 0.323. The molecule has 4 aliphatic rings. The molecule has 8 rings (SSSR count). The lowest BCUT2D eigenvalue weighted by Gasteiger charge is -2.39. The van der Waals surface area contributed by atoms with Gasteiger partial charge in [0.25, 0.3) is 15.9 Å². The minimum absolute atomic E-state index is 0.0269. The van der Waals surface area contributed by atoms with Crippen molar-refractivity contribution in [1.82, 2.24) is 9.62 Å². The predicted molar refractivity (Wildman–Crippen MR) is 248 cm³/mol. The summed E-state index contributed by atoms with van der Waals surface area (Å²) in [6, 6.07) is 23.1. The number of sulfonamides is 1. The van der Waals surface area contributed by atoms with Gasteiger partial charge in [0.15, 0.2) is 0 Å². The molecule has 0 spiro atoms. The van der Waals surface area contributed by atoms with E-state index >= 15 is 0 Å². The summed E-state index contributed by atoms with van der Waals surface area (Å²) in [4.78, 5) is 22.9. The summed E-state index contributed by atoms with van der Waals surface area (Å²) in [7, 11) is -4.37. The van der Waals surface area contributed by atoms with Gasteiger partial charge in [0, 0.05) is 49.5 Å². The molecule has 1 saturated carbocycles. The maximum Gasteiger partial charge on any atom is 0.268 e. The number of ether oxygens (including phenoxy) is 2. The maximum atomic E-state index is 14.0. The van der Waals surface area contributed by atoms with Crippen LogP contribution in [0, 0.1) is 11.3 Å². The van der Waals surface area contributed by atoms with E-state index in [1.807, 2.05) is 37.3 Å². The highest BCUT2D eigenvalue weighted by atomic mass is 35.5. The second-order valence-electron chi connectivity index (χ2n) is 18.2. The number of fused-ring (bicyclic) bond motifs is 1. The Morgan fingerprint density at radius 3 is 2.35 bits per heavy atom. The molecule has 4 aromatic carbocycles. The van der Waals surface area contributed by atoms with Gasteiger partial charge in [-0.3, -0.25) is 14.7 Å². The number of hydrogen-bond acceptors (Lipinski definition) is 9. The lowest BCUT2D eigenvalue weighted by Crippen LogP contribution is -2.47. The van der Waals surface area contributed by atoms with E-state index < -0.39 is 21.5 Å². The number of carbonyl (C=O) groups is 1. The Morgan fingerprint density at radius 2 is 1.63 bits per heavy atom. The largest absolute Gasteiger partial charge is 0.492 e. The van der Waals surface area contributed by atoms with Crippen LogP contribution in [0.25, 0.3) is 5.57 Å². The highest BCUT2D eigenvalue weighted by Gasteiger charge is 2.32. The minimum atomic E-state index is -4.37. The van der Waals surface area contributed by atoms with Crippen molar-refractivity contribution in [3.05, 3.63) is 117 Å². The molecule has 0 bridgehead atoms. The van der Waals surface area contributed by atoms with Gasteiger partial charge in [-0.05, 0) is 128 Å². The number of aliphatic hydroxyl groups is 1. The van der Waals surface area contributed by atoms with Crippen molar-refractivity contribution in [2.75, 3.05) is 44.2 Å². The van der Waals surface area contributed by atoms with Gasteiger partial charge >= 0.3 is 0 Å². The van der Waals surface area contributed by atoms with E-state index in [2.05, 4.69) is 45.5 Å². The zero-order valence-electron chi connectivity index (χ0n) is 35.4. The van der Waals surface area contributed by atoms with Crippen LogP contribution in [0.4, 0.5) is 5.69 Å². The van der Waals surface area contributed by atoms with Crippen LogP contribution < -0.4 is 19.1 Å². The molecule has 2 heterocycles. The molecular weight excluding hydrogens is 867 g/mol. The summed E-state index contributed by atoms with van der Waals surface area (Å²) in [5.41, 5.74) is 6.12. The molecule has 2 aliphatic heterocycles. The van der Waals surface area contributed by atoms with Crippen molar-refractivity contribution < 1.29 is 27.8 Å². The summed E-state index contributed by atoms with van der Waals surface area (Å²) < 4.78 is 42.1. The Balaban J connectivity index is 0.989. The summed E-state index contributed by atoms with van der Waals surface area (Å²) in [6.45, 7) is 11.4. The molecule has 1 amide bonds. The molecule has 62 heavy (non-hydrogen) atoms. The first-order chi connectivity index (χ1) is 29.5. The Labute approximate surface area is 379 Å². The molecule has 2 N–H and O–H groups in total. The molecule has 1 saturated heterocycles. The SMILES string of the molecule is CC1(C)CCC(CN2CCN(c3ccc(C(=O)NS(=O)(=O)c4ccc(OCC5CCC(C)(O)CC5)c(Cl)c4)c(Oc4cccc5c4C(Cl)=NC5)c3)CC2)=C(c2ccc(Cl)cc2)C1. The zero-order valence-corrected chi connectivity index (χ0v) is 38.4. The third kappa shape index (κ3) is 10.3. The van der Waals surface area contributed by atoms with Gasteiger partial charge in [-0.1, -0.05) is 78.5 Å². The number of benzene rings is 4. The number of piperazine rings is 1. The predicted octanol–water partition coefficient (Wildman–Crippen LogP) is 10.5. The van der Waals surface area contributed by atoms with Gasteiger partial charge in [-0.25, -0.2) is 13.1 Å². The van der Waals surface area contributed by atoms with Gasteiger partial charge in [-0.2, -0.15) is 0 Å². The fraction of sp³-hybridized carbons (Fsp3) is 0.417. The standard InChI is InChI=1S/C48H53Cl3N4O6S/c1-47(2)18-17-34(39(27-47)32-7-9-35(49)10-8-32)29-54-21-23-55(24-22-54)36-11-13-38(43(25-36)61-42-6-4-5-33-28-52-45(51)44(33)42)46(56)53-62(58,59)37-12-14-41(40(50)26-37)60-30-31-15-19-48(3,57)20-16-31/h4-14,25-26,31,57H,15-24,27-30H2,1-3H3,(H,53,56). The highest BCUT2D eigenvalue weighted by molar-refractivity contribution is 7.90. The molecule has 0 unspecified atom stereocenters. The highest BCUT2D eigenvalue weighted by Crippen LogP contribution is 2.44. The van der Waals surface area contributed by atoms with Gasteiger partial charge in [0.2, 0.25) is 0 Å². The van der Waals surface area contributed by atoms with Crippen LogP contribution in [0.15, 0.2) is 94.3 Å². The van der Waals surface area contributed by atoms with Gasteiger partial charge in [0.05, 0.1) is 39.8 Å². The third-order valence-corrected chi connectivity index (χ3v) is 14.9. The van der Waals surface area contributed by atoms with Crippen LogP contribution in [0.1, 0.15) is 92.8 Å². The first-order valence-corrected chi connectivity index (χ1v) is 23.9. The first-order valence-electron chi connectivity index (χ1n) is 21.3. The second-order valence-corrected chi connectivity index (χ2v) is 21.0. The normalized spacial score (nSPS) is 21.6. The fourth-order valence-electron chi connectivity index (χ4n) is 8.93. The number of carbonyl (C=O) groups excluding carboxylic acids is 1. The number of nitrogens with zero attached hydrogens (tertiary/aromatic N) is 3. The van der Waals surface area contributed by atoms with E-state index in [1.165, 1.54) is 34.9 Å². The average molecular weight is 920 g/mol. The van der Waals surface area contributed by atoms with Gasteiger partial charge < -0.3 is 19.5 Å². The molecule has 0 aromatic heterocycles. The van der Waals surface area contributed by atoms with Crippen molar-refractivity contribution in [3.63, 3.8) is 0 Å². The molecule has 0 radical (unpaired) electrons. The Bertz CT molecular complexity index is 2510. The number of aliphatic imine (C=N–C) groups is 1. The number of halogens is 3. The number of nitrogens with one attached hydrogen (secondary N) is 1. The quantitative estimate of drug-likeness (QED) is 0.144. The third-order valence-electron chi connectivity index (χ3n) is 12.8. The van der Waals surface area contributed by atoms with Crippen LogP contribution in [-0.2, 0) is 16.6 Å². The van der Waals surface area contributed by atoms with E-state index in [-0.39, 0.29) is 32.6 Å². The zero-order chi connectivity index (χ0) is 43.8. The lowest BCUT2D eigenvalue weighted by atomic mass is 9.72. The van der Waals surface area contributed by atoms with Gasteiger partial charge in [-0.15, -0.1) is 0 Å². The molecule has 328 valence electrons. The van der Waals surface area contributed by atoms with E-state index in [0.29, 0.717) is 48.2 Å². The van der Waals surface area contributed by atoms with Crippen molar-refractivity contribution in [3.8, 4) is 17.2 Å². The second kappa shape index (κ2) is 18.2. The van der Waals surface area contributed by atoms with Crippen molar-refractivity contribution in [1.29, 1.82) is 0 Å². The van der Waals surface area contributed by atoms with Crippen LogP contribution in [0.3, 0.4) is 0 Å². The summed E-state index contributed by atoms with van der Waals surface area (Å²) >= 11 is 19.3. The Kier molecular flexibility index (Phi) is 13.0. The van der Waals surface area contributed by atoms with Crippen molar-refractivity contribution in [2.24, 2.45) is 16.3 Å². The molecule has 2 aliphatic carbocycles. The van der Waals surface area contributed by atoms with Gasteiger partial charge in [0.1, 0.15) is 22.4 Å². The monoisotopic (exact) mass is 918 g/mol. The van der Waals surface area contributed by atoms with E-state index in [4.69, 9.17) is 44.3 Å². The first kappa shape index (κ1) is 44.5. The van der Waals surface area contributed by atoms with E-state index in [9.17, 15) is 18.3 Å². The summed E-state index contributed by atoms with van der Waals surface area (Å²) in [6.07, 6.45) is 6.26. The lowest BCUT2D eigenvalue weighted by molar-refractivity contribution is 0.00153. The van der Waals surface area contributed by atoms with Crippen LogP contribution in [0.2, 0.25) is 10.0 Å². The molecule has 4 aromatic rings. The number of amides is 1. The Morgan fingerprint density at radius 1 is 0.887 bits per heavy atom. The van der Waals surface area contributed by atoms with Crippen molar-refractivity contribution in [2.45, 2.75) is 82.8 Å². The van der Waals surface area contributed by atoms with E-state index in [0.717, 1.165) is 81.1 Å². The van der Waals surface area contributed by atoms with Crippen LogP contribution in [-0.4, -0.2) is 74.4 Å².